The smallest absolute Gasteiger partial charge is 0.255 e. The van der Waals surface area contributed by atoms with Crippen molar-refractivity contribution in [3.8, 4) is 5.75 Å². The Labute approximate surface area is 113 Å². The van der Waals surface area contributed by atoms with E-state index in [0.717, 1.165) is 31.2 Å². The number of amides is 1. The number of rotatable bonds is 0. The van der Waals surface area contributed by atoms with Crippen LogP contribution in [-0.4, -0.2) is 24.1 Å². The molecular weight excluding hydrogens is 240 g/mol. The second-order valence-electron chi connectivity index (χ2n) is 5.80. The second kappa shape index (κ2) is 4.53. The van der Waals surface area contributed by atoms with E-state index in [1.54, 1.807) is 0 Å². The molecule has 0 atom stereocenters. The molecule has 3 rings (SSSR count). The van der Waals surface area contributed by atoms with Crippen LogP contribution in [-0.2, 0) is 0 Å². The van der Waals surface area contributed by atoms with E-state index in [0.29, 0.717) is 17.9 Å². The zero-order chi connectivity index (χ0) is 13.5. The van der Waals surface area contributed by atoms with Gasteiger partial charge in [0.05, 0.1) is 12.1 Å². The van der Waals surface area contributed by atoms with Gasteiger partial charge in [-0.3, -0.25) is 4.79 Å². The van der Waals surface area contributed by atoms with Crippen LogP contribution in [0.5, 0.6) is 5.75 Å². The van der Waals surface area contributed by atoms with Crippen LogP contribution in [0.15, 0.2) is 18.2 Å². The van der Waals surface area contributed by atoms with Crippen molar-refractivity contribution in [1.29, 1.82) is 0 Å². The van der Waals surface area contributed by atoms with E-state index in [4.69, 9.17) is 10.5 Å². The zero-order valence-corrected chi connectivity index (χ0v) is 11.2. The second-order valence-corrected chi connectivity index (χ2v) is 5.80. The molecule has 0 aromatic heterocycles. The van der Waals surface area contributed by atoms with Gasteiger partial charge in [0.25, 0.3) is 5.91 Å². The number of aryl methyl sites for hydroxylation is 1. The van der Waals surface area contributed by atoms with Crippen LogP contribution in [0.25, 0.3) is 0 Å². The van der Waals surface area contributed by atoms with E-state index in [2.05, 4.69) is 5.32 Å². The summed E-state index contributed by atoms with van der Waals surface area (Å²) in [6.07, 6.45) is 3.72. The quantitative estimate of drug-likeness (QED) is 0.747. The highest BCUT2D eigenvalue weighted by Gasteiger charge is 2.39. The number of fused-ring (bicyclic) bond motifs is 1. The first-order valence-corrected chi connectivity index (χ1v) is 6.91. The molecule has 0 saturated heterocycles. The summed E-state index contributed by atoms with van der Waals surface area (Å²) in [5.41, 5.74) is 7.40. The Morgan fingerprint density at radius 2 is 2.11 bits per heavy atom. The fraction of sp³-hybridized carbons (Fsp3) is 0.533. The standard InChI is InChI=1S/C15H20N2O2/c1-10-2-3-13-12(8-10)14(18)17-9-15(19-13)6-4-11(16)5-7-15/h2-3,8,11H,4-7,9,16H2,1H3,(H,17,18). The predicted octanol–water partition coefficient (Wildman–Crippen LogP) is 1.76. The van der Waals surface area contributed by atoms with Crippen molar-refractivity contribution in [1.82, 2.24) is 5.32 Å². The molecule has 0 radical (unpaired) electrons. The Morgan fingerprint density at radius 1 is 1.37 bits per heavy atom. The lowest BCUT2D eigenvalue weighted by Crippen LogP contribution is -2.49. The lowest BCUT2D eigenvalue weighted by Gasteiger charge is -2.38. The molecule has 1 heterocycles. The van der Waals surface area contributed by atoms with E-state index in [1.165, 1.54) is 0 Å². The molecule has 1 aromatic rings. The van der Waals surface area contributed by atoms with E-state index < -0.39 is 0 Å². The van der Waals surface area contributed by atoms with Crippen molar-refractivity contribution in [3.63, 3.8) is 0 Å². The molecule has 4 nitrogen and oxygen atoms in total. The largest absolute Gasteiger partial charge is 0.485 e. The Balaban J connectivity index is 1.93. The van der Waals surface area contributed by atoms with Crippen molar-refractivity contribution in [2.45, 2.75) is 44.2 Å². The molecule has 0 bridgehead atoms. The number of nitrogens with two attached hydrogens (primary N) is 1. The van der Waals surface area contributed by atoms with Gasteiger partial charge in [0.2, 0.25) is 0 Å². The molecule has 4 heteroatoms. The van der Waals surface area contributed by atoms with Gasteiger partial charge in [-0.15, -0.1) is 0 Å². The van der Waals surface area contributed by atoms with Crippen molar-refractivity contribution >= 4 is 5.91 Å². The van der Waals surface area contributed by atoms with Gasteiger partial charge in [-0.1, -0.05) is 11.6 Å². The molecule has 1 spiro atoms. The molecule has 19 heavy (non-hydrogen) atoms. The Hall–Kier alpha value is -1.55. The molecule has 1 amide bonds. The zero-order valence-electron chi connectivity index (χ0n) is 11.2. The summed E-state index contributed by atoms with van der Waals surface area (Å²) >= 11 is 0. The maximum absolute atomic E-state index is 12.1. The van der Waals surface area contributed by atoms with Gasteiger partial charge in [-0.05, 0) is 44.7 Å². The van der Waals surface area contributed by atoms with Crippen LogP contribution in [0.2, 0.25) is 0 Å². The van der Waals surface area contributed by atoms with Crippen LogP contribution in [0, 0.1) is 6.92 Å². The Bertz CT molecular complexity index is 505. The molecule has 1 aromatic carbocycles. The number of ether oxygens (including phenoxy) is 1. The van der Waals surface area contributed by atoms with Crippen molar-refractivity contribution in [3.05, 3.63) is 29.3 Å². The molecule has 1 aliphatic heterocycles. The van der Waals surface area contributed by atoms with Gasteiger partial charge in [0, 0.05) is 6.04 Å². The molecule has 2 aliphatic rings. The van der Waals surface area contributed by atoms with Crippen LogP contribution in [0.3, 0.4) is 0 Å². The van der Waals surface area contributed by atoms with E-state index in [1.807, 2.05) is 25.1 Å². The third-order valence-electron chi connectivity index (χ3n) is 4.22. The molecular formula is C15H20N2O2. The predicted molar refractivity (Wildman–Crippen MR) is 73.3 cm³/mol. The normalized spacial score (nSPS) is 30.2. The monoisotopic (exact) mass is 260 g/mol. The average molecular weight is 260 g/mol. The maximum Gasteiger partial charge on any atom is 0.255 e. The number of hydrogen-bond acceptors (Lipinski definition) is 3. The van der Waals surface area contributed by atoms with Gasteiger partial charge < -0.3 is 15.8 Å². The van der Waals surface area contributed by atoms with Crippen LogP contribution in [0.1, 0.15) is 41.6 Å². The topological polar surface area (TPSA) is 64.4 Å². The summed E-state index contributed by atoms with van der Waals surface area (Å²) < 4.78 is 6.22. The fourth-order valence-corrected chi connectivity index (χ4v) is 2.96. The van der Waals surface area contributed by atoms with Crippen LogP contribution < -0.4 is 15.8 Å². The summed E-state index contributed by atoms with van der Waals surface area (Å²) in [5, 5.41) is 3.00. The summed E-state index contributed by atoms with van der Waals surface area (Å²) in [5.74, 6) is 0.668. The molecule has 1 fully saturated rings. The number of hydrogen-bond donors (Lipinski definition) is 2. The molecule has 1 saturated carbocycles. The number of nitrogens with one attached hydrogen (secondary N) is 1. The first-order valence-electron chi connectivity index (χ1n) is 6.91. The summed E-state index contributed by atoms with van der Waals surface area (Å²) in [6, 6.07) is 6.05. The number of benzene rings is 1. The van der Waals surface area contributed by atoms with E-state index in [9.17, 15) is 4.79 Å². The van der Waals surface area contributed by atoms with Crippen molar-refractivity contribution < 1.29 is 9.53 Å². The minimum atomic E-state index is -0.272. The fourth-order valence-electron chi connectivity index (χ4n) is 2.96. The Kier molecular flexibility index (Phi) is 2.97. The highest BCUT2D eigenvalue weighted by atomic mass is 16.5. The van der Waals surface area contributed by atoms with Gasteiger partial charge in [-0.2, -0.15) is 0 Å². The van der Waals surface area contributed by atoms with Crippen molar-refractivity contribution in [2.75, 3.05) is 6.54 Å². The van der Waals surface area contributed by atoms with Gasteiger partial charge in [-0.25, -0.2) is 0 Å². The highest BCUT2D eigenvalue weighted by Crippen LogP contribution is 2.35. The minimum absolute atomic E-state index is 0.0366. The van der Waals surface area contributed by atoms with E-state index >= 15 is 0 Å². The van der Waals surface area contributed by atoms with E-state index in [-0.39, 0.29) is 17.6 Å². The minimum Gasteiger partial charge on any atom is -0.485 e. The lowest BCUT2D eigenvalue weighted by molar-refractivity contribution is 0.0303. The van der Waals surface area contributed by atoms with Gasteiger partial charge >= 0.3 is 0 Å². The first kappa shape index (κ1) is 12.5. The molecule has 102 valence electrons. The average Bonchev–Trinajstić information content (AvgIpc) is 2.53. The SMILES string of the molecule is Cc1ccc2c(c1)C(=O)NCC1(CCC(N)CC1)O2. The maximum atomic E-state index is 12.1. The van der Waals surface area contributed by atoms with Crippen LogP contribution >= 0.6 is 0 Å². The number of carbonyl (C=O) groups excluding carboxylic acids is 1. The molecule has 3 N–H and O–H groups in total. The summed E-state index contributed by atoms with van der Waals surface area (Å²) in [7, 11) is 0. The van der Waals surface area contributed by atoms with Gasteiger partial charge in [0.15, 0.2) is 0 Å². The van der Waals surface area contributed by atoms with Gasteiger partial charge in [0.1, 0.15) is 11.4 Å². The summed E-state index contributed by atoms with van der Waals surface area (Å²) in [6.45, 7) is 2.56. The third-order valence-corrected chi connectivity index (χ3v) is 4.22. The lowest BCUT2D eigenvalue weighted by atomic mass is 9.82. The third kappa shape index (κ3) is 2.32. The number of carbonyl (C=O) groups is 1. The van der Waals surface area contributed by atoms with Crippen LogP contribution in [0.4, 0.5) is 0 Å². The highest BCUT2D eigenvalue weighted by molar-refractivity contribution is 5.97. The van der Waals surface area contributed by atoms with Crippen molar-refractivity contribution in [2.24, 2.45) is 5.73 Å². The summed E-state index contributed by atoms with van der Waals surface area (Å²) in [4.78, 5) is 12.1. The first-order chi connectivity index (χ1) is 9.08. The molecule has 1 aliphatic carbocycles. The molecule has 0 unspecified atom stereocenters. The Morgan fingerprint density at radius 3 is 2.84 bits per heavy atom.